The highest BCUT2D eigenvalue weighted by Crippen LogP contribution is 2.17. The highest BCUT2D eigenvalue weighted by Gasteiger charge is 2.23. The van der Waals surface area contributed by atoms with Crippen LogP contribution in [0, 0.1) is 5.92 Å². The predicted octanol–water partition coefficient (Wildman–Crippen LogP) is 2.62. The summed E-state index contributed by atoms with van der Waals surface area (Å²) >= 11 is 6.04. The minimum atomic E-state index is -0.689. The fourth-order valence-corrected chi connectivity index (χ4v) is 3.42. The maximum absolute atomic E-state index is 12.2. The number of piperidine rings is 1. The number of carbonyl (C=O) groups is 3. The van der Waals surface area contributed by atoms with Crippen LogP contribution in [-0.4, -0.2) is 42.3 Å². The second-order valence-electron chi connectivity index (χ2n) is 7.10. The van der Waals surface area contributed by atoms with Crippen molar-refractivity contribution in [1.29, 1.82) is 0 Å². The maximum atomic E-state index is 12.2. The molecule has 8 heteroatoms. The second kappa shape index (κ2) is 10.6. The van der Waals surface area contributed by atoms with E-state index in [4.69, 9.17) is 16.0 Å². The van der Waals surface area contributed by atoms with Crippen LogP contribution in [0.4, 0.5) is 0 Å². The summed E-state index contributed by atoms with van der Waals surface area (Å²) in [7, 11) is 0. The third-order valence-corrected chi connectivity index (χ3v) is 5.38. The van der Waals surface area contributed by atoms with Gasteiger partial charge in [-0.25, -0.2) is 0 Å². The molecule has 0 aliphatic carbocycles. The molecule has 0 radical (unpaired) electrons. The van der Waals surface area contributed by atoms with Gasteiger partial charge in [-0.1, -0.05) is 29.8 Å². The Morgan fingerprint density at radius 3 is 2.50 bits per heavy atom. The van der Waals surface area contributed by atoms with Crippen LogP contribution in [0.5, 0.6) is 0 Å². The summed E-state index contributed by atoms with van der Waals surface area (Å²) in [6.07, 6.45) is 6.24. The number of nitrogens with one attached hydrogen (secondary N) is 2. The largest absolute Gasteiger partial charge is 0.465 e. The molecule has 158 valence electrons. The van der Waals surface area contributed by atoms with E-state index in [-0.39, 0.29) is 18.4 Å². The molecule has 3 rings (SSSR count). The molecule has 1 aromatic heterocycles. The lowest BCUT2D eigenvalue weighted by molar-refractivity contribution is -0.139. The normalized spacial score (nSPS) is 14.6. The molecule has 7 nitrogen and oxygen atoms in total. The molecule has 1 aromatic carbocycles. The second-order valence-corrected chi connectivity index (χ2v) is 7.51. The van der Waals surface area contributed by atoms with Crippen molar-refractivity contribution in [1.82, 2.24) is 15.5 Å². The Morgan fingerprint density at radius 1 is 1.07 bits per heavy atom. The highest BCUT2D eigenvalue weighted by molar-refractivity contribution is 6.35. The van der Waals surface area contributed by atoms with E-state index < -0.39 is 11.8 Å². The average molecular weight is 430 g/mol. The Kier molecular flexibility index (Phi) is 7.68. The lowest BCUT2D eigenvalue weighted by atomic mass is 9.96. The molecule has 3 amide bonds. The first-order valence-electron chi connectivity index (χ1n) is 9.83. The van der Waals surface area contributed by atoms with Gasteiger partial charge in [-0.2, -0.15) is 0 Å². The summed E-state index contributed by atoms with van der Waals surface area (Å²) in [4.78, 5) is 38.0. The lowest BCUT2D eigenvalue weighted by Crippen LogP contribution is -2.44. The Balaban J connectivity index is 1.35. The number of carbonyl (C=O) groups excluding carboxylic acids is 3. The van der Waals surface area contributed by atoms with Crippen LogP contribution in [0.3, 0.4) is 0 Å². The summed E-state index contributed by atoms with van der Waals surface area (Å²) < 4.78 is 5.17. The van der Waals surface area contributed by atoms with Crippen LogP contribution >= 0.6 is 11.6 Å². The van der Waals surface area contributed by atoms with Gasteiger partial charge >= 0.3 is 11.8 Å². The zero-order valence-electron chi connectivity index (χ0n) is 16.5. The molecule has 0 bridgehead atoms. The molecule has 0 atom stereocenters. The summed E-state index contributed by atoms with van der Waals surface area (Å²) in [5, 5.41) is 5.79. The number of amides is 3. The van der Waals surface area contributed by atoms with Crippen molar-refractivity contribution in [2.75, 3.05) is 19.6 Å². The summed E-state index contributed by atoms with van der Waals surface area (Å²) in [5.74, 6) is -0.558. The molecule has 30 heavy (non-hydrogen) atoms. The number of likely N-dealkylation sites (tertiary alicyclic amines) is 1. The summed E-state index contributed by atoms with van der Waals surface area (Å²) in [5.41, 5.74) is 0.749. The van der Waals surface area contributed by atoms with Gasteiger partial charge < -0.3 is 20.0 Å². The zero-order valence-corrected chi connectivity index (χ0v) is 17.2. The van der Waals surface area contributed by atoms with Crippen LogP contribution in [0.1, 0.15) is 24.2 Å². The van der Waals surface area contributed by atoms with Gasteiger partial charge in [0, 0.05) is 37.3 Å². The first-order chi connectivity index (χ1) is 14.5. The van der Waals surface area contributed by atoms with E-state index in [1.54, 1.807) is 47.6 Å². The number of nitrogens with zero attached hydrogens (tertiary/aromatic N) is 1. The van der Waals surface area contributed by atoms with E-state index >= 15 is 0 Å². The molecule has 1 aliphatic rings. The fourth-order valence-electron chi connectivity index (χ4n) is 3.22. The minimum Gasteiger partial charge on any atom is -0.465 e. The van der Waals surface area contributed by atoms with Crippen molar-refractivity contribution in [3.8, 4) is 0 Å². The Bertz CT molecular complexity index is 903. The molecule has 0 unspecified atom stereocenters. The topological polar surface area (TPSA) is 91.7 Å². The lowest BCUT2D eigenvalue weighted by Gasteiger charge is -2.31. The monoisotopic (exact) mass is 429 g/mol. The molecular formula is C22H24ClN3O4. The van der Waals surface area contributed by atoms with Gasteiger partial charge in [0.25, 0.3) is 0 Å². The molecule has 1 aliphatic heterocycles. The van der Waals surface area contributed by atoms with Gasteiger partial charge in [-0.05, 0) is 48.6 Å². The van der Waals surface area contributed by atoms with Crippen molar-refractivity contribution < 1.29 is 18.8 Å². The van der Waals surface area contributed by atoms with Gasteiger partial charge in [0.15, 0.2) is 0 Å². The van der Waals surface area contributed by atoms with Crippen molar-refractivity contribution in [2.45, 2.75) is 19.4 Å². The van der Waals surface area contributed by atoms with Gasteiger partial charge in [-0.3, -0.25) is 14.4 Å². The van der Waals surface area contributed by atoms with Crippen LogP contribution in [-0.2, 0) is 20.9 Å². The van der Waals surface area contributed by atoms with Crippen molar-refractivity contribution in [3.05, 3.63) is 65.1 Å². The Labute approximate surface area is 180 Å². The third kappa shape index (κ3) is 6.22. The quantitative estimate of drug-likeness (QED) is 0.545. The third-order valence-electron chi connectivity index (χ3n) is 5.01. The first kappa shape index (κ1) is 21.6. The molecule has 1 fully saturated rings. The number of furan rings is 1. The summed E-state index contributed by atoms with van der Waals surface area (Å²) in [6.45, 7) is 1.82. The van der Waals surface area contributed by atoms with E-state index in [2.05, 4.69) is 10.6 Å². The van der Waals surface area contributed by atoms with Crippen LogP contribution in [0.25, 0.3) is 6.08 Å². The number of halogens is 1. The van der Waals surface area contributed by atoms with Crippen molar-refractivity contribution in [2.24, 2.45) is 5.92 Å². The first-order valence-corrected chi connectivity index (χ1v) is 10.2. The maximum Gasteiger partial charge on any atom is 0.309 e. The van der Waals surface area contributed by atoms with Crippen LogP contribution < -0.4 is 10.6 Å². The van der Waals surface area contributed by atoms with Gasteiger partial charge in [-0.15, -0.1) is 0 Å². The molecule has 1 saturated heterocycles. The van der Waals surface area contributed by atoms with E-state index in [0.717, 1.165) is 18.4 Å². The SMILES string of the molecule is O=C(NCc1ccccc1Cl)C(=O)NCC1CCN(C(=O)/C=C/c2ccco2)CC1. The predicted molar refractivity (Wildman–Crippen MR) is 113 cm³/mol. The molecule has 2 N–H and O–H groups in total. The zero-order chi connectivity index (χ0) is 21.3. The minimum absolute atomic E-state index is 0.0622. The molecule has 2 aromatic rings. The smallest absolute Gasteiger partial charge is 0.309 e. The summed E-state index contributed by atoms with van der Waals surface area (Å²) in [6, 6.07) is 10.7. The van der Waals surface area contributed by atoms with Crippen LogP contribution in [0.15, 0.2) is 53.2 Å². The van der Waals surface area contributed by atoms with E-state index in [9.17, 15) is 14.4 Å². The van der Waals surface area contributed by atoms with Gasteiger partial charge in [0.2, 0.25) is 5.91 Å². The number of hydrogen-bond acceptors (Lipinski definition) is 4. The standard InChI is InChI=1S/C22H24ClN3O4/c23-19-6-2-1-4-17(19)15-25-22(29)21(28)24-14-16-9-11-26(12-10-16)20(27)8-7-18-5-3-13-30-18/h1-8,13,16H,9-12,14-15H2,(H,24,28)(H,25,29)/b8-7+. The number of rotatable bonds is 6. The highest BCUT2D eigenvalue weighted by atomic mass is 35.5. The molecule has 0 spiro atoms. The Morgan fingerprint density at radius 2 is 1.80 bits per heavy atom. The molecule has 2 heterocycles. The average Bonchev–Trinajstić information content (AvgIpc) is 3.29. The fraction of sp³-hybridized carbons (Fsp3) is 0.318. The van der Waals surface area contributed by atoms with Gasteiger partial charge in [0.05, 0.1) is 6.26 Å². The Hall–Kier alpha value is -3.06. The molecular weight excluding hydrogens is 406 g/mol. The molecule has 0 saturated carbocycles. The van der Waals surface area contributed by atoms with Crippen molar-refractivity contribution >= 4 is 35.4 Å². The number of hydrogen-bond donors (Lipinski definition) is 2. The van der Waals surface area contributed by atoms with Crippen LogP contribution in [0.2, 0.25) is 5.02 Å². The van der Waals surface area contributed by atoms with E-state index in [0.29, 0.717) is 30.4 Å². The van der Waals surface area contributed by atoms with Crippen molar-refractivity contribution in [3.63, 3.8) is 0 Å². The van der Waals surface area contributed by atoms with E-state index in [1.807, 2.05) is 6.07 Å². The number of benzene rings is 1. The van der Waals surface area contributed by atoms with Gasteiger partial charge in [0.1, 0.15) is 5.76 Å². The van der Waals surface area contributed by atoms with E-state index in [1.165, 1.54) is 6.08 Å².